The van der Waals surface area contributed by atoms with Gasteiger partial charge in [0.15, 0.2) is 0 Å². The van der Waals surface area contributed by atoms with Crippen LogP contribution in [-0.4, -0.2) is 24.5 Å². The fraction of sp³-hybridized carbons (Fsp3) is 0.500. The predicted octanol–water partition coefficient (Wildman–Crippen LogP) is 2.33. The number of methoxy groups -OCH3 is 1. The normalized spacial score (nSPS) is 16.0. The second kappa shape index (κ2) is 5.39. The summed E-state index contributed by atoms with van der Waals surface area (Å²) in [5, 5.41) is 5.69. The number of hydrogen-bond acceptors (Lipinski definition) is 3. The van der Waals surface area contributed by atoms with Crippen molar-refractivity contribution in [1.29, 1.82) is 0 Å². The predicted molar refractivity (Wildman–Crippen MR) is 81.2 cm³/mol. The molecule has 21 heavy (non-hydrogen) atoms. The summed E-state index contributed by atoms with van der Waals surface area (Å²) in [5.41, 5.74) is -0.703. The summed E-state index contributed by atoms with van der Waals surface area (Å²) in [4.78, 5) is 24.8. The van der Waals surface area contributed by atoms with Crippen molar-refractivity contribution in [2.24, 2.45) is 5.41 Å². The summed E-state index contributed by atoms with van der Waals surface area (Å²) in [6.45, 7) is 5.71. The number of ether oxygens (including phenoxy) is 1. The minimum absolute atomic E-state index is 0.206. The van der Waals surface area contributed by atoms with E-state index in [4.69, 9.17) is 4.74 Å². The maximum atomic E-state index is 12.5. The van der Waals surface area contributed by atoms with Gasteiger partial charge in [-0.3, -0.25) is 9.59 Å². The minimum atomic E-state index is -0.936. The zero-order valence-electron chi connectivity index (χ0n) is 12.9. The molecular formula is C16H22N2O3. The highest BCUT2D eigenvalue weighted by molar-refractivity contribution is 6.13. The van der Waals surface area contributed by atoms with Crippen LogP contribution in [0.2, 0.25) is 0 Å². The van der Waals surface area contributed by atoms with E-state index in [0.717, 1.165) is 0 Å². The molecule has 1 aliphatic rings. The molecular weight excluding hydrogens is 268 g/mol. The Morgan fingerprint density at radius 1 is 1.14 bits per heavy atom. The quantitative estimate of drug-likeness (QED) is 0.836. The molecule has 0 saturated heterocycles. The van der Waals surface area contributed by atoms with Gasteiger partial charge in [0.25, 0.3) is 0 Å². The van der Waals surface area contributed by atoms with Gasteiger partial charge in [-0.25, -0.2) is 0 Å². The van der Waals surface area contributed by atoms with Crippen LogP contribution in [-0.2, 0) is 9.59 Å². The number of amides is 2. The summed E-state index contributed by atoms with van der Waals surface area (Å²) in [6.07, 6.45) is 1.16. The Kier molecular flexibility index (Phi) is 3.94. The van der Waals surface area contributed by atoms with E-state index in [-0.39, 0.29) is 17.4 Å². The molecule has 0 aliphatic heterocycles. The number of hydrogen-bond donors (Lipinski definition) is 2. The zero-order valence-corrected chi connectivity index (χ0v) is 12.9. The first-order valence-corrected chi connectivity index (χ1v) is 7.06. The van der Waals surface area contributed by atoms with Gasteiger partial charge >= 0.3 is 0 Å². The number of carbonyl (C=O) groups excluding carboxylic acids is 2. The molecule has 114 valence electrons. The van der Waals surface area contributed by atoms with Crippen molar-refractivity contribution in [3.8, 4) is 5.75 Å². The van der Waals surface area contributed by atoms with Crippen LogP contribution in [0.4, 0.5) is 5.69 Å². The summed E-state index contributed by atoms with van der Waals surface area (Å²) in [7, 11) is 1.55. The van der Waals surface area contributed by atoms with Crippen molar-refractivity contribution in [2.45, 2.75) is 39.2 Å². The van der Waals surface area contributed by atoms with Gasteiger partial charge in [-0.2, -0.15) is 0 Å². The molecule has 0 unspecified atom stereocenters. The van der Waals surface area contributed by atoms with Crippen LogP contribution in [0, 0.1) is 5.41 Å². The molecule has 1 aliphatic carbocycles. The first-order valence-electron chi connectivity index (χ1n) is 7.06. The van der Waals surface area contributed by atoms with Gasteiger partial charge in [0.2, 0.25) is 11.8 Å². The van der Waals surface area contributed by atoms with E-state index in [1.54, 1.807) is 19.2 Å². The van der Waals surface area contributed by atoms with Crippen LogP contribution < -0.4 is 15.4 Å². The maximum absolute atomic E-state index is 12.5. The molecule has 2 rings (SSSR count). The molecule has 2 N–H and O–H groups in total. The Balaban J connectivity index is 2.11. The van der Waals surface area contributed by atoms with E-state index in [0.29, 0.717) is 24.3 Å². The summed E-state index contributed by atoms with van der Waals surface area (Å²) in [6, 6.07) is 7.17. The van der Waals surface area contributed by atoms with Gasteiger partial charge < -0.3 is 15.4 Å². The number of carbonyl (C=O) groups is 2. The summed E-state index contributed by atoms with van der Waals surface area (Å²) in [5.74, 6) is 0.106. The third-order valence-corrected chi connectivity index (χ3v) is 3.46. The van der Waals surface area contributed by atoms with Crippen molar-refractivity contribution in [3.05, 3.63) is 24.3 Å². The molecule has 0 spiro atoms. The molecule has 0 radical (unpaired) electrons. The summed E-state index contributed by atoms with van der Waals surface area (Å²) >= 11 is 0. The van der Waals surface area contributed by atoms with Crippen LogP contribution in [0.3, 0.4) is 0 Å². The Hall–Kier alpha value is -2.04. The lowest BCUT2D eigenvalue weighted by atomic mass is 10.0. The first kappa shape index (κ1) is 15.4. The Bertz CT molecular complexity index is 557. The van der Waals surface area contributed by atoms with E-state index in [1.807, 2.05) is 32.9 Å². The molecule has 5 heteroatoms. The van der Waals surface area contributed by atoms with Crippen molar-refractivity contribution in [2.75, 3.05) is 12.4 Å². The standard InChI is InChI=1S/C16H22N2O3/c1-15(2,3)18-14(20)16(9-10-16)13(19)17-11-7-5-6-8-12(11)21-4/h5-8H,9-10H2,1-4H3,(H,17,19)(H,18,20). The van der Waals surface area contributed by atoms with Crippen LogP contribution in [0.1, 0.15) is 33.6 Å². The highest BCUT2D eigenvalue weighted by Gasteiger charge is 2.57. The van der Waals surface area contributed by atoms with Gasteiger partial charge in [-0.15, -0.1) is 0 Å². The van der Waals surface area contributed by atoms with Gasteiger partial charge in [0, 0.05) is 5.54 Å². The number of nitrogens with one attached hydrogen (secondary N) is 2. The number of para-hydroxylation sites is 2. The topological polar surface area (TPSA) is 67.4 Å². The largest absolute Gasteiger partial charge is 0.495 e. The molecule has 5 nitrogen and oxygen atoms in total. The monoisotopic (exact) mass is 290 g/mol. The van der Waals surface area contributed by atoms with E-state index in [9.17, 15) is 9.59 Å². The third-order valence-electron chi connectivity index (χ3n) is 3.46. The van der Waals surface area contributed by atoms with Crippen LogP contribution in [0.15, 0.2) is 24.3 Å². The Morgan fingerprint density at radius 2 is 1.76 bits per heavy atom. The lowest BCUT2D eigenvalue weighted by Gasteiger charge is -2.24. The van der Waals surface area contributed by atoms with E-state index >= 15 is 0 Å². The average Bonchev–Trinajstić information content (AvgIpc) is 3.18. The number of benzene rings is 1. The van der Waals surface area contributed by atoms with Crippen molar-refractivity contribution in [1.82, 2.24) is 5.32 Å². The van der Waals surface area contributed by atoms with Gasteiger partial charge in [-0.1, -0.05) is 12.1 Å². The highest BCUT2D eigenvalue weighted by Crippen LogP contribution is 2.47. The summed E-state index contributed by atoms with van der Waals surface area (Å²) < 4.78 is 5.21. The molecule has 1 saturated carbocycles. The molecule has 2 amide bonds. The fourth-order valence-corrected chi connectivity index (χ4v) is 2.13. The van der Waals surface area contributed by atoms with E-state index in [2.05, 4.69) is 10.6 Å². The second-order valence-electron chi connectivity index (χ2n) is 6.44. The van der Waals surface area contributed by atoms with Crippen LogP contribution in [0.5, 0.6) is 5.75 Å². The lowest BCUT2D eigenvalue weighted by molar-refractivity contribution is -0.135. The maximum Gasteiger partial charge on any atom is 0.240 e. The second-order valence-corrected chi connectivity index (χ2v) is 6.44. The van der Waals surface area contributed by atoms with Crippen molar-refractivity contribution < 1.29 is 14.3 Å². The first-order chi connectivity index (χ1) is 9.78. The van der Waals surface area contributed by atoms with Crippen molar-refractivity contribution >= 4 is 17.5 Å². The third kappa shape index (κ3) is 3.35. The van der Waals surface area contributed by atoms with Gasteiger partial charge in [0.05, 0.1) is 12.8 Å². The zero-order chi connectivity index (χ0) is 15.7. The average molecular weight is 290 g/mol. The number of anilines is 1. The van der Waals surface area contributed by atoms with Crippen LogP contribution in [0.25, 0.3) is 0 Å². The molecule has 0 heterocycles. The van der Waals surface area contributed by atoms with Gasteiger partial charge in [-0.05, 0) is 45.7 Å². The van der Waals surface area contributed by atoms with Crippen molar-refractivity contribution in [3.63, 3.8) is 0 Å². The molecule has 0 aromatic heterocycles. The van der Waals surface area contributed by atoms with Crippen LogP contribution >= 0.6 is 0 Å². The molecule has 1 aromatic rings. The highest BCUT2D eigenvalue weighted by atomic mass is 16.5. The molecule has 0 atom stereocenters. The Morgan fingerprint density at radius 3 is 2.29 bits per heavy atom. The smallest absolute Gasteiger partial charge is 0.240 e. The molecule has 1 aromatic carbocycles. The van der Waals surface area contributed by atoms with E-state index in [1.165, 1.54) is 0 Å². The molecule has 1 fully saturated rings. The lowest BCUT2D eigenvalue weighted by Crippen LogP contribution is -2.48. The SMILES string of the molecule is COc1ccccc1NC(=O)C1(C(=O)NC(C)(C)C)CC1. The number of rotatable bonds is 4. The minimum Gasteiger partial charge on any atom is -0.495 e. The van der Waals surface area contributed by atoms with E-state index < -0.39 is 5.41 Å². The molecule has 0 bridgehead atoms. The Labute approximate surface area is 125 Å². The fourth-order valence-electron chi connectivity index (χ4n) is 2.13. The van der Waals surface area contributed by atoms with Gasteiger partial charge in [0.1, 0.15) is 11.2 Å².